The highest BCUT2D eigenvalue weighted by Crippen LogP contribution is 2.34. The van der Waals surface area contributed by atoms with Crippen molar-refractivity contribution in [2.75, 3.05) is 25.5 Å². The third kappa shape index (κ3) is 4.82. The summed E-state index contributed by atoms with van der Waals surface area (Å²) in [5.74, 6) is 0.126. The van der Waals surface area contributed by atoms with Gasteiger partial charge in [-0.05, 0) is 37.1 Å². The van der Waals surface area contributed by atoms with Crippen LogP contribution in [0.3, 0.4) is 0 Å². The van der Waals surface area contributed by atoms with Crippen LogP contribution in [0, 0.1) is 13.8 Å². The Morgan fingerprint density at radius 3 is 2.38 bits per heavy atom. The second-order valence-corrected chi connectivity index (χ2v) is 10.0. The molecule has 2 atom stereocenters. The summed E-state index contributed by atoms with van der Waals surface area (Å²) < 4.78 is 8.88. The molecule has 0 spiro atoms. The van der Waals surface area contributed by atoms with E-state index in [0.717, 1.165) is 40.2 Å². The van der Waals surface area contributed by atoms with Crippen LogP contribution in [0.2, 0.25) is 0 Å². The van der Waals surface area contributed by atoms with Crippen LogP contribution in [0.4, 0.5) is 5.95 Å². The Morgan fingerprint density at radius 2 is 1.72 bits per heavy atom. The topological polar surface area (TPSA) is 115 Å². The van der Waals surface area contributed by atoms with E-state index in [-0.39, 0.29) is 23.7 Å². The van der Waals surface area contributed by atoms with Gasteiger partial charge in [-0.3, -0.25) is 4.98 Å². The Balaban J connectivity index is 1.62. The van der Waals surface area contributed by atoms with Gasteiger partial charge < -0.3 is 15.8 Å². The van der Waals surface area contributed by atoms with Crippen LogP contribution in [0.5, 0.6) is 0 Å². The molecule has 9 nitrogen and oxygen atoms in total. The van der Waals surface area contributed by atoms with Crippen LogP contribution in [0.1, 0.15) is 29.4 Å². The first-order chi connectivity index (χ1) is 19.0. The fraction of sp³-hybridized carbons (Fsp3) is 0.267. The van der Waals surface area contributed by atoms with Gasteiger partial charge in [0, 0.05) is 36.0 Å². The first-order valence-electron chi connectivity index (χ1n) is 13.2. The van der Waals surface area contributed by atoms with Crippen molar-refractivity contribution in [3.63, 3.8) is 0 Å². The molecule has 198 valence electrons. The molecular weight excluding hydrogens is 490 g/mol. The fourth-order valence-electron chi connectivity index (χ4n) is 5.50. The number of nitrogens with zero attached hydrogens (tertiary/aromatic N) is 4. The summed E-state index contributed by atoms with van der Waals surface area (Å²) in [6, 6.07) is 23.8. The Morgan fingerprint density at radius 1 is 1.03 bits per heavy atom. The number of hydrogen-bond donors (Lipinski definition) is 3. The summed E-state index contributed by atoms with van der Waals surface area (Å²) >= 11 is 0. The number of H-pyrrole nitrogens is 1. The summed E-state index contributed by atoms with van der Waals surface area (Å²) in [4.78, 5) is 23.4. The lowest BCUT2D eigenvalue weighted by Gasteiger charge is -2.27. The van der Waals surface area contributed by atoms with E-state index in [1.165, 1.54) is 4.40 Å². The minimum Gasteiger partial charge on any atom is -0.379 e. The molecule has 0 radical (unpaired) electrons. The average Bonchev–Trinajstić information content (AvgIpc) is 3.29. The lowest BCUT2D eigenvalue weighted by molar-refractivity contribution is -0.517. The molecule has 0 amide bonds. The first kappa shape index (κ1) is 25.0. The molecule has 1 aliphatic rings. The third-order valence-electron chi connectivity index (χ3n) is 7.20. The van der Waals surface area contributed by atoms with Crippen molar-refractivity contribution < 1.29 is 9.14 Å². The predicted molar refractivity (Wildman–Crippen MR) is 150 cm³/mol. The summed E-state index contributed by atoms with van der Waals surface area (Å²) in [5.41, 5.74) is 12.9. The van der Waals surface area contributed by atoms with Gasteiger partial charge in [-0.25, -0.2) is 9.89 Å². The minimum absolute atomic E-state index is 0.104. The Kier molecular flexibility index (Phi) is 6.68. The molecule has 6 rings (SSSR count). The maximum absolute atomic E-state index is 14.1. The lowest BCUT2D eigenvalue weighted by Crippen LogP contribution is -2.47. The maximum Gasteiger partial charge on any atom is 0.428 e. The molecule has 39 heavy (non-hydrogen) atoms. The molecule has 0 bridgehead atoms. The molecular formula is C30H32N7O2+. The van der Waals surface area contributed by atoms with Crippen molar-refractivity contribution in [1.82, 2.24) is 25.1 Å². The third-order valence-corrected chi connectivity index (χ3v) is 7.20. The molecule has 0 aliphatic carbocycles. The van der Waals surface area contributed by atoms with E-state index >= 15 is 0 Å². The smallest absolute Gasteiger partial charge is 0.379 e. The van der Waals surface area contributed by atoms with Gasteiger partial charge in [0.2, 0.25) is 5.65 Å². The zero-order chi connectivity index (χ0) is 26.9. The normalized spacial score (nSPS) is 16.4. The van der Waals surface area contributed by atoms with Crippen LogP contribution < -0.4 is 21.1 Å². The van der Waals surface area contributed by atoms with Crippen LogP contribution in [-0.2, 0) is 4.74 Å². The Hall–Kier alpha value is -4.34. The number of aryl methyl sites for hydroxylation is 2. The van der Waals surface area contributed by atoms with Gasteiger partial charge in [0.25, 0.3) is 0 Å². The van der Waals surface area contributed by atoms with Gasteiger partial charge in [-0.2, -0.15) is 4.68 Å². The fourth-order valence-corrected chi connectivity index (χ4v) is 5.50. The van der Waals surface area contributed by atoms with Crippen LogP contribution >= 0.6 is 0 Å². The number of hydrogen-bond acceptors (Lipinski definition) is 6. The highest BCUT2D eigenvalue weighted by molar-refractivity contribution is 5.88. The standard InChI is InChI=1S/C30H31N7O2/c1-19-15-23(16-20(2)33-19)26-27(22-11-7-4-8-12-22)34-29(31)36-28(26)35-37(30(36)38)25(21-9-5-3-6-10-21)17-24-18-39-14-13-32-24/h3-12,15-16,24-25,32H,13-14,17-18H2,1-2H3,(H2,31,33,34,35)/p+1. The summed E-state index contributed by atoms with van der Waals surface area (Å²) in [6.07, 6.45) is 0.666. The zero-order valence-electron chi connectivity index (χ0n) is 22.1. The van der Waals surface area contributed by atoms with Crippen molar-refractivity contribution in [1.29, 1.82) is 0 Å². The SMILES string of the molecule is Cc1cc(-c2c(-c3ccccc3)nc(N)[n+]3c(=O)n(C(CC4COCCN4)c4ccccc4)[nH]c23)cc(C)n1. The van der Waals surface area contributed by atoms with Crippen molar-refractivity contribution >= 4 is 11.6 Å². The summed E-state index contributed by atoms with van der Waals surface area (Å²) in [7, 11) is 0. The van der Waals surface area contributed by atoms with Gasteiger partial charge in [0.05, 0.1) is 18.8 Å². The van der Waals surface area contributed by atoms with E-state index in [9.17, 15) is 4.79 Å². The highest BCUT2D eigenvalue weighted by atomic mass is 16.5. The number of pyridine rings is 1. The number of ether oxygens (including phenoxy) is 1. The molecule has 1 fully saturated rings. The van der Waals surface area contributed by atoms with Gasteiger partial charge in [-0.15, -0.1) is 9.38 Å². The van der Waals surface area contributed by atoms with E-state index < -0.39 is 0 Å². The van der Waals surface area contributed by atoms with Crippen LogP contribution in [-0.4, -0.2) is 45.5 Å². The number of fused-ring (bicyclic) bond motifs is 1. The van der Waals surface area contributed by atoms with Gasteiger partial charge in [0.1, 0.15) is 11.7 Å². The average molecular weight is 523 g/mol. The molecule has 0 saturated carbocycles. The number of nitrogens with two attached hydrogens (primary N) is 1. The lowest BCUT2D eigenvalue weighted by atomic mass is 9.99. The van der Waals surface area contributed by atoms with Crippen LogP contribution in [0.25, 0.3) is 28.0 Å². The second-order valence-electron chi connectivity index (χ2n) is 10.0. The zero-order valence-corrected chi connectivity index (χ0v) is 22.1. The molecule has 2 unspecified atom stereocenters. The number of morpholine rings is 1. The summed E-state index contributed by atoms with van der Waals surface area (Å²) in [6.45, 7) is 5.99. The number of rotatable bonds is 6. The largest absolute Gasteiger partial charge is 0.428 e. The molecule has 2 aromatic carbocycles. The van der Waals surface area contributed by atoms with E-state index in [1.807, 2.05) is 86.6 Å². The van der Waals surface area contributed by atoms with Gasteiger partial charge >= 0.3 is 11.6 Å². The van der Waals surface area contributed by atoms with E-state index in [0.29, 0.717) is 31.0 Å². The molecule has 4 heterocycles. The van der Waals surface area contributed by atoms with E-state index in [4.69, 9.17) is 15.5 Å². The van der Waals surface area contributed by atoms with Gasteiger partial charge in [-0.1, -0.05) is 60.7 Å². The maximum atomic E-state index is 14.1. The molecule has 1 aliphatic heterocycles. The number of aromatic amines is 1. The van der Waals surface area contributed by atoms with Crippen molar-refractivity contribution in [2.24, 2.45) is 0 Å². The van der Waals surface area contributed by atoms with Crippen molar-refractivity contribution in [3.05, 3.63) is 100 Å². The molecule has 9 heteroatoms. The quantitative estimate of drug-likeness (QED) is 0.295. The number of aromatic nitrogens is 5. The van der Waals surface area contributed by atoms with Crippen LogP contribution in [0.15, 0.2) is 77.6 Å². The predicted octanol–water partition coefficient (Wildman–Crippen LogP) is 3.21. The Labute approximate surface area is 226 Å². The second kappa shape index (κ2) is 10.4. The highest BCUT2D eigenvalue weighted by Gasteiger charge is 2.31. The number of anilines is 1. The first-order valence-corrected chi connectivity index (χ1v) is 13.2. The van der Waals surface area contributed by atoms with Crippen molar-refractivity contribution in [3.8, 4) is 22.4 Å². The van der Waals surface area contributed by atoms with E-state index in [2.05, 4.69) is 15.4 Å². The molecule has 1 saturated heterocycles. The number of nitrogen functional groups attached to an aromatic ring is 1. The molecule has 4 N–H and O–H groups in total. The summed E-state index contributed by atoms with van der Waals surface area (Å²) in [5, 5.41) is 7.00. The monoisotopic (exact) mass is 522 g/mol. The molecule has 5 aromatic rings. The molecule has 3 aromatic heterocycles. The number of nitrogens with one attached hydrogen (secondary N) is 2. The minimum atomic E-state index is -0.274. The van der Waals surface area contributed by atoms with Crippen molar-refractivity contribution in [2.45, 2.75) is 32.4 Å². The van der Waals surface area contributed by atoms with Gasteiger partial charge in [0.15, 0.2) is 0 Å². The number of benzene rings is 2. The Bertz CT molecular complexity index is 1650. The van der Waals surface area contributed by atoms with E-state index in [1.54, 1.807) is 4.68 Å².